The van der Waals surface area contributed by atoms with Crippen molar-refractivity contribution in [2.45, 2.75) is 39.2 Å². The van der Waals surface area contributed by atoms with Crippen LogP contribution in [0, 0.1) is 0 Å². The highest BCUT2D eigenvalue weighted by Crippen LogP contribution is 2.28. The first kappa shape index (κ1) is 21.6. The molecule has 3 rings (SSSR count). The van der Waals surface area contributed by atoms with Crippen LogP contribution in [-0.4, -0.2) is 48.9 Å². The van der Waals surface area contributed by atoms with Gasteiger partial charge in [0.1, 0.15) is 11.6 Å². The van der Waals surface area contributed by atoms with Gasteiger partial charge in [0, 0.05) is 19.3 Å². The number of nitrogens with zero attached hydrogens (tertiary/aromatic N) is 4. The van der Waals surface area contributed by atoms with Crippen LogP contribution in [0.2, 0.25) is 0 Å². The Balaban J connectivity index is 1.72. The van der Waals surface area contributed by atoms with E-state index in [-0.39, 0.29) is 5.91 Å². The van der Waals surface area contributed by atoms with Crippen molar-refractivity contribution in [3.8, 4) is 5.75 Å². The van der Waals surface area contributed by atoms with Crippen molar-refractivity contribution in [1.82, 2.24) is 9.88 Å². The summed E-state index contributed by atoms with van der Waals surface area (Å²) in [7, 11) is 3.67. The number of fused-ring (bicyclic) bond motifs is 1. The number of methoxy groups -OCH3 is 1. The number of anilines is 1. The molecule has 2 heterocycles. The molecule has 7 nitrogen and oxygen atoms in total. The van der Waals surface area contributed by atoms with Gasteiger partial charge < -0.3 is 15.0 Å². The zero-order chi connectivity index (χ0) is 21.3. The number of aromatic nitrogens is 1. The Morgan fingerprint density at radius 1 is 1.30 bits per heavy atom. The second-order valence-electron chi connectivity index (χ2n) is 7.40. The smallest absolute Gasteiger partial charge is 0.260 e. The number of carbonyl (C=O) groups is 1. The highest BCUT2D eigenvalue weighted by atomic mass is 16.5. The molecule has 0 fully saturated rings. The highest BCUT2D eigenvalue weighted by molar-refractivity contribution is 6.06. The fourth-order valence-electron chi connectivity index (χ4n) is 3.34. The molecule has 1 aromatic heterocycles. The van der Waals surface area contributed by atoms with E-state index in [4.69, 9.17) is 4.74 Å². The number of carbonyl (C=O) groups excluding carboxylic acids is 1. The molecule has 30 heavy (non-hydrogen) atoms. The van der Waals surface area contributed by atoms with Gasteiger partial charge in [-0.1, -0.05) is 19.4 Å². The van der Waals surface area contributed by atoms with Crippen molar-refractivity contribution >= 4 is 24.2 Å². The van der Waals surface area contributed by atoms with Crippen molar-refractivity contribution in [2.24, 2.45) is 10.2 Å². The fourth-order valence-corrected chi connectivity index (χ4v) is 3.34. The maximum Gasteiger partial charge on any atom is 0.260 e. The van der Waals surface area contributed by atoms with Gasteiger partial charge in [-0.05, 0) is 61.7 Å². The van der Waals surface area contributed by atoms with Crippen LogP contribution in [0.15, 0.2) is 40.5 Å². The topological polar surface area (TPSA) is 79.2 Å². The SMILES string of the molecule is CCCC/C=N/N=C/c1cccc(NC(=O)c2cc3c(cc2OC)CCN(C)C3)n1. The van der Waals surface area contributed by atoms with Crippen molar-refractivity contribution in [3.05, 3.63) is 52.7 Å². The fraction of sp³-hybridized carbons (Fsp3) is 0.391. The van der Waals surface area contributed by atoms with E-state index in [0.717, 1.165) is 44.3 Å². The minimum Gasteiger partial charge on any atom is -0.496 e. The van der Waals surface area contributed by atoms with E-state index in [0.29, 0.717) is 22.8 Å². The van der Waals surface area contributed by atoms with Crippen LogP contribution in [0.3, 0.4) is 0 Å². The van der Waals surface area contributed by atoms with Crippen molar-refractivity contribution in [2.75, 3.05) is 26.0 Å². The molecule has 1 aliphatic heterocycles. The summed E-state index contributed by atoms with van der Waals surface area (Å²) in [6, 6.07) is 9.29. The van der Waals surface area contributed by atoms with Gasteiger partial charge in [-0.15, -0.1) is 0 Å². The van der Waals surface area contributed by atoms with E-state index < -0.39 is 0 Å². The van der Waals surface area contributed by atoms with Gasteiger partial charge in [-0.25, -0.2) is 4.98 Å². The molecule has 0 unspecified atom stereocenters. The molecule has 1 aromatic carbocycles. The van der Waals surface area contributed by atoms with E-state index in [1.165, 1.54) is 5.56 Å². The maximum atomic E-state index is 12.9. The minimum atomic E-state index is -0.248. The number of rotatable bonds is 8. The largest absolute Gasteiger partial charge is 0.496 e. The van der Waals surface area contributed by atoms with E-state index in [1.807, 2.05) is 24.3 Å². The first-order valence-corrected chi connectivity index (χ1v) is 10.3. The van der Waals surface area contributed by atoms with Gasteiger partial charge >= 0.3 is 0 Å². The average molecular weight is 408 g/mol. The predicted molar refractivity (Wildman–Crippen MR) is 121 cm³/mol. The summed E-state index contributed by atoms with van der Waals surface area (Å²) in [6.07, 6.45) is 7.47. The standard InChI is InChI=1S/C23H29N5O2/c1-4-5-6-11-24-25-15-19-8-7-9-22(26-19)27-23(29)20-13-18-16-28(2)12-10-17(18)14-21(20)30-3/h7-9,11,13-15H,4-6,10,12,16H2,1-3H3,(H,26,27,29)/b24-11+,25-15+. The first-order chi connectivity index (χ1) is 14.6. The second-order valence-corrected chi connectivity index (χ2v) is 7.40. The molecule has 2 aromatic rings. The lowest BCUT2D eigenvalue weighted by Gasteiger charge is -2.26. The Labute approximate surface area is 177 Å². The molecule has 0 saturated carbocycles. The van der Waals surface area contributed by atoms with Crippen LogP contribution in [0.25, 0.3) is 0 Å². The lowest BCUT2D eigenvalue weighted by atomic mass is 9.96. The first-order valence-electron chi connectivity index (χ1n) is 10.3. The zero-order valence-electron chi connectivity index (χ0n) is 17.9. The minimum absolute atomic E-state index is 0.248. The van der Waals surface area contributed by atoms with Gasteiger partial charge in [-0.2, -0.15) is 10.2 Å². The molecule has 1 aliphatic rings. The van der Waals surface area contributed by atoms with Gasteiger partial charge in [0.05, 0.1) is 24.6 Å². The van der Waals surface area contributed by atoms with E-state index in [1.54, 1.807) is 25.6 Å². The number of nitrogens with one attached hydrogen (secondary N) is 1. The van der Waals surface area contributed by atoms with Crippen molar-refractivity contribution in [3.63, 3.8) is 0 Å². The van der Waals surface area contributed by atoms with Crippen molar-refractivity contribution in [1.29, 1.82) is 0 Å². The number of benzene rings is 1. The molecule has 0 radical (unpaired) electrons. The van der Waals surface area contributed by atoms with E-state index >= 15 is 0 Å². The number of unbranched alkanes of at least 4 members (excludes halogenated alkanes) is 2. The van der Waals surface area contributed by atoms with E-state index in [9.17, 15) is 4.79 Å². The number of amides is 1. The average Bonchev–Trinajstić information content (AvgIpc) is 2.75. The summed E-state index contributed by atoms with van der Waals surface area (Å²) in [5.41, 5.74) is 3.52. The van der Waals surface area contributed by atoms with Crippen LogP contribution in [-0.2, 0) is 13.0 Å². The molecule has 0 saturated heterocycles. The molecule has 0 bridgehead atoms. The summed E-state index contributed by atoms with van der Waals surface area (Å²) in [5, 5.41) is 10.9. The Morgan fingerprint density at radius 3 is 2.97 bits per heavy atom. The maximum absolute atomic E-state index is 12.9. The number of hydrogen-bond donors (Lipinski definition) is 1. The predicted octanol–water partition coefficient (Wildman–Crippen LogP) is 3.93. The molecule has 7 heteroatoms. The van der Waals surface area contributed by atoms with Gasteiger partial charge in [0.2, 0.25) is 0 Å². The Hall–Kier alpha value is -3.06. The number of hydrogen-bond acceptors (Lipinski definition) is 6. The molecule has 0 aliphatic carbocycles. The van der Waals surface area contributed by atoms with Crippen LogP contribution < -0.4 is 10.1 Å². The molecule has 0 spiro atoms. The summed E-state index contributed by atoms with van der Waals surface area (Å²) in [6.45, 7) is 3.96. The summed E-state index contributed by atoms with van der Waals surface area (Å²) in [5.74, 6) is 0.785. The third-order valence-corrected chi connectivity index (χ3v) is 5.01. The van der Waals surface area contributed by atoms with Crippen LogP contribution in [0.1, 0.15) is 53.4 Å². The summed E-state index contributed by atoms with van der Waals surface area (Å²) < 4.78 is 5.48. The zero-order valence-corrected chi connectivity index (χ0v) is 17.9. The quantitative estimate of drug-likeness (QED) is 0.409. The Bertz CT molecular complexity index is 939. The molecule has 1 N–H and O–H groups in total. The second kappa shape index (κ2) is 10.6. The van der Waals surface area contributed by atoms with Gasteiger partial charge in [0.15, 0.2) is 0 Å². The molecular formula is C23H29N5O2. The lowest BCUT2D eigenvalue weighted by Crippen LogP contribution is -2.27. The number of likely N-dealkylation sites (N-methyl/N-ethyl adjacent to an activating group) is 1. The third-order valence-electron chi connectivity index (χ3n) is 5.01. The molecule has 1 amide bonds. The number of pyridine rings is 1. The summed E-state index contributed by atoms with van der Waals surface area (Å²) >= 11 is 0. The van der Waals surface area contributed by atoms with Gasteiger partial charge in [0.25, 0.3) is 5.91 Å². The molecule has 158 valence electrons. The number of ether oxygens (including phenoxy) is 1. The third kappa shape index (κ3) is 5.73. The molecule has 0 atom stereocenters. The Kier molecular flexibility index (Phi) is 7.68. The van der Waals surface area contributed by atoms with Crippen LogP contribution in [0.5, 0.6) is 5.75 Å². The lowest BCUT2D eigenvalue weighted by molar-refractivity contribution is 0.102. The van der Waals surface area contributed by atoms with Crippen molar-refractivity contribution < 1.29 is 9.53 Å². The highest BCUT2D eigenvalue weighted by Gasteiger charge is 2.20. The van der Waals surface area contributed by atoms with E-state index in [2.05, 4.69) is 39.4 Å². The molecular weight excluding hydrogens is 378 g/mol. The Morgan fingerprint density at radius 2 is 2.17 bits per heavy atom. The van der Waals surface area contributed by atoms with Crippen LogP contribution >= 0.6 is 0 Å². The van der Waals surface area contributed by atoms with Gasteiger partial charge in [-0.3, -0.25) is 4.79 Å². The van der Waals surface area contributed by atoms with Crippen LogP contribution in [0.4, 0.5) is 5.82 Å². The normalized spacial score (nSPS) is 14.2. The monoisotopic (exact) mass is 407 g/mol. The summed E-state index contributed by atoms with van der Waals surface area (Å²) in [4.78, 5) is 19.6.